The zero-order chi connectivity index (χ0) is 15.8. The molecule has 0 aliphatic heterocycles. The minimum absolute atomic E-state index is 0.352. The quantitative estimate of drug-likeness (QED) is 0.666. The number of benzene rings is 1. The molecular weight excluding hydrogens is 347 g/mol. The largest absolute Gasteiger partial charge is 0.438 e. The summed E-state index contributed by atoms with van der Waals surface area (Å²) in [6.07, 6.45) is 0. The van der Waals surface area contributed by atoms with E-state index < -0.39 is 0 Å². The first kappa shape index (κ1) is 16.4. The summed E-state index contributed by atoms with van der Waals surface area (Å²) in [5.41, 5.74) is 0. The van der Waals surface area contributed by atoms with Crippen LogP contribution in [-0.2, 0) is 0 Å². The topological polar surface area (TPSA) is 60.8 Å². The Hall–Kier alpha value is -1.95. The van der Waals surface area contributed by atoms with Crippen molar-refractivity contribution in [3.63, 3.8) is 0 Å². The molecule has 2 heterocycles. The van der Waals surface area contributed by atoms with Gasteiger partial charge in [-0.05, 0) is 30.3 Å². The van der Waals surface area contributed by atoms with Gasteiger partial charge in [-0.2, -0.15) is 0 Å². The van der Waals surface area contributed by atoms with Gasteiger partial charge in [0.15, 0.2) is 15.5 Å². The molecule has 0 saturated carbocycles. The molecule has 0 atom stereocenters. The van der Waals surface area contributed by atoms with Crippen LogP contribution in [0.1, 0.15) is 0 Å². The summed E-state index contributed by atoms with van der Waals surface area (Å²) < 4.78 is 5.40. The van der Waals surface area contributed by atoms with Crippen molar-refractivity contribution in [3.8, 4) is 11.6 Å². The first-order valence-corrected chi connectivity index (χ1v) is 7.14. The Bertz CT molecular complexity index is 673. The lowest BCUT2D eigenvalue weighted by Crippen LogP contribution is -1.89. The third-order valence-electron chi connectivity index (χ3n) is 2.17. The molecule has 0 saturated heterocycles. The fraction of sp³-hybridized carbons (Fsp3) is 0. The highest BCUT2D eigenvalue weighted by atomic mass is 35.5. The highest BCUT2D eigenvalue weighted by Gasteiger charge is 1.97. The summed E-state index contributed by atoms with van der Waals surface area (Å²) in [6, 6.07) is 15.8. The van der Waals surface area contributed by atoms with Crippen LogP contribution in [0.2, 0.25) is 15.5 Å². The second kappa shape index (κ2) is 8.48. The molecule has 0 radical (unpaired) electrons. The molecule has 0 N–H and O–H groups in total. The summed E-state index contributed by atoms with van der Waals surface area (Å²) in [5.74, 6) is 1.16. The maximum atomic E-state index is 5.59. The van der Waals surface area contributed by atoms with Crippen LogP contribution in [0.4, 0.5) is 0 Å². The molecule has 0 aliphatic carbocycles. The van der Waals surface area contributed by atoms with Crippen LogP contribution in [0.25, 0.3) is 0 Å². The van der Waals surface area contributed by atoms with Gasteiger partial charge in [0, 0.05) is 6.07 Å². The van der Waals surface area contributed by atoms with Crippen molar-refractivity contribution in [2.75, 3.05) is 0 Å². The van der Waals surface area contributed by atoms with Crippen molar-refractivity contribution in [2.45, 2.75) is 0 Å². The maximum absolute atomic E-state index is 5.59. The van der Waals surface area contributed by atoms with Crippen molar-refractivity contribution in [2.24, 2.45) is 0 Å². The average Bonchev–Trinajstić information content (AvgIpc) is 2.54. The fourth-order valence-corrected chi connectivity index (χ4v) is 1.57. The Morgan fingerprint density at radius 3 is 1.55 bits per heavy atom. The smallest absolute Gasteiger partial charge is 0.238 e. The average molecular weight is 356 g/mol. The van der Waals surface area contributed by atoms with Crippen LogP contribution in [0.15, 0.2) is 54.6 Å². The van der Waals surface area contributed by atoms with Crippen LogP contribution < -0.4 is 4.74 Å². The summed E-state index contributed by atoms with van der Waals surface area (Å²) in [6.45, 7) is 0. The maximum Gasteiger partial charge on any atom is 0.238 e. The third kappa shape index (κ3) is 5.81. The normalized spacial score (nSPS) is 9.59. The van der Waals surface area contributed by atoms with Gasteiger partial charge in [0.1, 0.15) is 5.75 Å². The molecule has 1 aromatic carbocycles. The molecule has 3 aromatic rings. The lowest BCUT2D eigenvalue weighted by atomic mass is 10.3. The number of rotatable bonds is 2. The third-order valence-corrected chi connectivity index (χ3v) is 2.78. The lowest BCUT2D eigenvalue weighted by Gasteiger charge is -2.02. The highest BCUT2D eigenvalue weighted by Crippen LogP contribution is 2.18. The fourth-order valence-electron chi connectivity index (χ4n) is 1.27. The lowest BCUT2D eigenvalue weighted by molar-refractivity contribution is 0.455. The van der Waals surface area contributed by atoms with Crippen LogP contribution in [0.3, 0.4) is 0 Å². The number of aromatic nitrogens is 4. The van der Waals surface area contributed by atoms with Crippen molar-refractivity contribution < 1.29 is 4.74 Å². The van der Waals surface area contributed by atoms with E-state index in [0.717, 1.165) is 5.75 Å². The summed E-state index contributed by atoms with van der Waals surface area (Å²) >= 11 is 16.3. The summed E-state index contributed by atoms with van der Waals surface area (Å²) in [5, 5.41) is 15.4. The van der Waals surface area contributed by atoms with Crippen LogP contribution in [0.5, 0.6) is 11.6 Å². The Morgan fingerprint density at radius 1 is 0.591 bits per heavy atom. The van der Waals surface area contributed by atoms with E-state index in [1.807, 2.05) is 30.3 Å². The molecule has 3 rings (SSSR count). The Balaban J connectivity index is 0.000000188. The molecule has 112 valence electrons. The number of hydrogen-bond acceptors (Lipinski definition) is 5. The molecule has 22 heavy (non-hydrogen) atoms. The second-order valence-electron chi connectivity index (χ2n) is 3.79. The molecule has 0 aliphatic rings. The SMILES string of the molecule is Clc1ccc(Cl)nn1.Clc1ccc(Oc2ccccc2)nn1. The second-order valence-corrected chi connectivity index (χ2v) is 4.95. The van der Waals surface area contributed by atoms with Crippen LogP contribution in [-0.4, -0.2) is 20.4 Å². The monoisotopic (exact) mass is 354 g/mol. The van der Waals surface area contributed by atoms with E-state index in [-0.39, 0.29) is 0 Å². The molecule has 0 amide bonds. The van der Waals surface area contributed by atoms with Gasteiger partial charge in [-0.25, -0.2) is 0 Å². The van der Waals surface area contributed by atoms with Gasteiger partial charge >= 0.3 is 0 Å². The number of para-hydroxylation sites is 1. The molecule has 2 aromatic heterocycles. The molecule has 0 unspecified atom stereocenters. The number of nitrogens with zero attached hydrogens (tertiary/aromatic N) is 4. The van der Waals surface area contributed by atoms with E-state index in [1.165, 1.54) is 0 Å². The molecule has 5 nitrogen and oxygen atoms in total. The van der Waals surface area contributed by atoms with Crippen molar-refractivity contribution >= 4 is 34.8 Å². The highest BCUT2D eigenvalue weighted by molar-refractivity contribution is 6.31. The van der Waals surface area contributed by atoms with Crippen molar-refractivity contribution in [1.82, 2.24) is 20.4 Å². The minimum Gasteiger partial charge on any atom is -0.438 e. The predicted octanol–water partition coefficient (Wildman–Crippen LogP) is 4.71. The Labute approximate surface area is 141 Å². The molecule has 8 heteroatoms. The van der Waals surface area contributed by atoms with Gasteiger partial charge in [-0.3, -0.25) is 0 Å². The van der Waals surface area contributed by atoms with E-state index >= 15 is 0 Å². The number of halogens is 3. The van der Waals surface area contributed by atoms with Gasteiger partial charge in [-0.15, -0.1) is 20.4 Å². The van der Waals surface area contributed by atoms with Gasteiger partial charge in [-0.1, -0.05) is 53.0 Å². The van der Waals surface area contributed by atoms with E-state index in [0.29, 0.717) is 21.3 Å². The summed E-state index contributed by atoms with van der Waals surface area (Å²) in [4.78, 5) is 0. The zero-order valence-electron chi connectivity index (χ0n) is 11.0. The Kier molecular flexibility index (Phi) is 6.33. The van der Waals surface area contributed by atoms with E-state index in [1.54, 1.807) is 24.3 Å². The van der Waals surface area contributed by atoms with Gasteiger partial charge in [0.25, 0.3) is 0 Å². The van der Waals surface area contributed by atoms with E-state index in [4.69, 9.17) is 39.5 Å². The van der Waals surface area contributed by atoms with Crippen LogP contribution in [0, 0.1) is 0 Å². The van der Waals surface area contributed by atoms with Gasteiger partial charge in [0.2, 0.25) is 5.88 Å². The first-order chi connectivity index (χ1) is 10.6. The predicted molar refractivity (Wildman–Crippen MR) is 85.6 cm³/mol. The standard InChI is InChI=1S/C10H7ClN2O.C4H2Cl2N2/c11-9-6-7-10(13-12-9)14-8-4-2-1-3-5-8;5-3-1-2-4(6)8-7-3/h1-7H;1-2H. The van der Waals surface area contributed by atoms with Gasteiger partial charge < -0.3 is 4.74 Å². The zero-order valence-corrected chi connectivity index (χ0v) is 13.3. The molecule has 0 fully saturated rings. The van der Waals surface area contributed by atoms with E-state index in [9.17, 15) is 0 Å². The molecular formula is C14H9Cl3N4O. The van der Waals surface area contributed by atoms with Crippen molar-refractivity contribution in [1.29, 1.82) is 0 Å². The minimum atomic E-state index is 0.352. The van der Waals surface area contributed by atoms with Crippen LogP contribution >= 0.6 is 34.8 Å². The van der Waals surface area contributed by atoms with E-state index in [2.05, 4.69) is 20.4 Å². The first-order valence-electron chi connectivity index (χ1n) is 6.00. The molecule has 0 spiro atoms. The Morgan fingerprint density at radius 2 is 1.09 bits per heavy atom. The van der Waals surface area contributed by atoms with Gasteiger partial charge in [0.05, 0.1) is 0 Å². The summed E-state index contributed by atoms with van der Waals surface area (Å²) in [7, 11) is 0. The molecule has 0 bridgehead atoms. The number of ether oxygens (including phenoxy) is 1. The number of hydrogen-bond donors (Lipinski definition) is 0. The van der Waals surface area contributed by atoms with Crippen molar-refractivity contribution in [3.05, 3.63) is 70.1 Å².